The van der Waals surface area contributed by atoms with Crippen LogP contribution in [0.25, 0.3) is 0 Å². The van der Waals surface area contributed by atoms with Crippen LogP contribution in [0.4, 0.5) is 0 Å². The summed E-state index contributed by atoms with van der Waals surface area (Å²) in [4.78, 5) is 0. The molecule has 0 radical (unpaired) electrons. The van der Waals surface area contributed by atoms with Crippen LogP contribution in [0.3, 0.4) is 0 Å². The molecule has 0 amide bonds. The first kappa shape index (κ1) is 10.7. The third-order valence-corrected chi connectivity index (χ3v) is 2.15. The number of hydrogen-bond donors (Lipinski definition) is 3. The maximum atomic E-state index is 8.59. The number of aliphatic hydroxyl groups is 2. The second-order valence-corrected chi connectivity index (χ2v) is 3.36. The summed E-state index contributed by atoms with van der Waals surface area (Å²) in [6.45, 7) is -1.68. The zero-order chi connectivity index (χ0) is 9.68. The first-order valence-corrected chi connectivity index (χ1v) is 4.62. The molecule has 0 bridgehead atoms. The minimum Gasteiger partial charge on any atom is -0.346 e. The van der Waals surface area contributed by atoms with E-state index >= 15 is 0 Å². The summed E-state index contributed by atoms with van der Waals surface area (Å²) < 4.78 is 4.85. The summed E-state index contributed by atoms with van der Waals surface area (Å²) in [7, 11) is 0. The molecular weight excluding hydrogens is 170 g/mol. The van der Waals surface area contributed by atoms with E-state index in [1.807, 2.05) is 12.2 Å². The lowest BCUT2D eigenvalue weighted by molar-refractivity contribution is -0.248. The highest BCUT2D eigenvalue weighted by Crippen LogP contribution is 2.14. The van der Waals surface area contributed by atoms with Crippen molar-refractivity contribution in [3.05, 3.63) is 12.2 Å². The van der Waals surface area contributed by atoms with Gasteiger partial charge in [-0.3, -0.25) is 0 Å². The standard InChI is InChI=1S/C9H17NO3/c10-7-3-1-5-8(6-2-4-7)13-9(11)12/h1,5,7-9,11-12H,2-4,6,10H2. The molecule has 0 spiro atoms. The van der Waals surface area contributed by atoms with E-state index in [0.29, 0.717) is 0 Å². The highest BCUT2D eigenvalue weighted by Gasteiger charge is 2.12. The molecule has 13 heavy (non-hydrogen) atoms. The molecule has 1 aliphatic carbocycles. The molecule has 0 fully saturated rings. The first-order chi connectivity index (χ1) is 6.18. The SMILES string of the molecule is NC1CC=CC(OC(O)O)CCC1. The predicted molar refractivity (Wildman–Crippen MR) is 48.7 cm³/mol. The Kier molecular flexibility index (Phi) is 4.38. The van der Waals surface area contributed by atoms with Crippen LogP contribution in [0, 0.1) is 0 Å². The second-order valence-electron chi connectivity index (χ2n) is 3.36. The van der Waals surface area contributed by atoms with Crippen molar-refractivity contribution >= 4 is 0 Å². The average Bonchev–Trinajstić information content (AvgIpc) is 1.99. The van der Waals surface area contributed by atoms with E-state index in [2.05, 4.69) is 0 Å². The van der Waals surface area contributed by atoms with Crippen LogP contribution < -0.4 is 5.73 Å². The lowest BCUT2D eigenvalue weighted by atomic mass is 10.0. The van der Waals surface area contributed by atoms with Crippen LogP contribution >= 0.6 is 0 Å². The molecule has 0 aliphatic heterocycles. The zero-order valence-electron chi connectivity index (χ0n) is 7.60. The molecular formula is C9H17NO3. The van der Waals surface area contributed by atoms with Crippen molar-refractivity contribution in [1.82, 2.24) is 0 Å². The van der Waals surface area contributed by atoms with Crippen molar-refractivity contribution in [1.29, 1.82) is 0 Å². The van der Waals surface area contributed by atoms with Gasteiger partial charge in [0, 0.05) is 6.04 Å². The Morgan fingerprint density at radius 1 is 1.38 bits per heavy atom. The summed E-state index contributed by atoms with van der Waals surface area (Å²) in [6.07, 6.45) is 7.15. The molecule has 0 saturated heterocycles. The predicted octanol–water partition coefficient (Wildman–Crippen LogP) is 0.0973. The maximum Gasteiger partial charge on any atom is 0.267 e. The Morgan fingerprint density at radius 2 is 2.15 bits per heavy atom. The average molecular weight is 187 g/mol. The van der Waals surface area contributed by atoms with Gasteiger partial charge in [0.25, 0.3) is 6.48 Å². The van der Waals surface area contributed by atoms with Gasteiger partial charge in [-0.1, -0.05) is 12.2 Å². The van der Waals surface area contributed by atoms with Gasteiger partial charge in [0.1, 0.15) is 0 Å². The largest absolute Gasteiger partial charge is 0.346 e. The van der Waals surface area contributed by atoms with Crippen LogP contribution in [-0.2, 0) is 4.74 Å². The first-order valence-electron chi connectivity index (χ1n) is 4.62. The lowest BCUT2D eigenvalue weighted by Crippen LogP contribution is -2.24. The van der Waals surface area contributed by atoms with E-state index in [0.717, 1.165) is 25.7 Å². The molecule has 0 aromatic heterocycles. The fourth-order valence-corrected chi connectivity index (χ4v) is 1.47. The molecule has 4 N–H and O–H groups in total. The van der Waals surface area contributed by atoms with E-state index in [4.69, 9.17) is 20.7 Å². The van der Waals surface area contributed by atoms with Gasteiger partial charge in [0.15, 0.2) is 0 Å². The molecule has 2 atom stereocenters. The fourth-order valence-electron chi connectivity index (χ4n) is 1.47. The Hall–Kier alpha value is -0.420. The molecule has 0 aromatic carbocycles. The van der Waals surface area contributed by atoms with Gasteiger partial charge in [-0.05, 0) is 25.7 Å². The summed E-state index contributed by atoms with van der Waals surface area (Å²) >= 11 is 0. The van der Waals surface area contributed by atoms with E-state index in [9.17, 15) is 0 Å². The van der Waals surface area contributed by atoms with Gasteiger partial charge in [-0.25, -0.2) is 0 Å². The van der Waals surface area contributed by atoms with Gasteiger partial charge in [0.2, 0.25) is 0 Å². The molecule has 4 heteroatoms. The van der Waals surface area contributed by atoms with Crippen molar-refractivity contribution in [3.8, 4) is 0 Å². The van der Waals surface area contributed by atoms with Crippen molar-refractivity contribution in [2.75, 3.05) is 0 Å². The van der Waals surface area contributed by atoms with Crippen LogP contribution in [0.1, 0.15) is 25.7 Å². The Morgan fingerprint density at radius 3 is 2.85 bits per heavy atom. The number of aliphatic hydroxyl groups excluding tert-OH is 1. The van der Waals surface area contributed by atoms with Crippen LogP contribution in [0.15, 0.2) is 12.2 Å². The second kappa shape index (κ2) is 5.34. The summed E-state index contributed by atoms with van der Waals surface area (Å²) in [5.74, 6) is 0. The van der Waals surface area contributed by atoms with E-state index in [-0.39, 0.29) is 12.1 Å². The topological polar surface area (TPSA) is 75.7 Å². The van der Waals surface area contributed by atoms with Crippen molar-refractivity contribution in [3.63, 3.8) is 0 Å². The van der Waals surface area contributed by atoms with E-state index < -0.39 is 6.48 Å². The van der Waals surface area contributed by atoms with E-state index in [1.165, 1.54) is 0 Å². The minimum absolute atomic E-state index is 0.188. The fraction of sp³-hybridized carbons (Fsp3) is 0.778. The van der Waals surface area contributed by atoms with Crippen molar-refractivity contribution in [2.24, 2.45) is 5.73 Å². The van der Waals surface area contributed by atoms with Crippen LogP contribution in [0.5, 0.6) is 0 Å². The van der Waals surface area contributed by atoms with Crippen LogP contribution in [-0.4, -0.2) is 28.8 Å². The normalized spacial score (nSPS) is 30.2. The molecule has 4 nitrogen and oxygen atoms in total. The van der Waals surface area contributed by atoms with Crippen LogP contribution in [0.2, 0.25) is 0 Å². The number of hydrogen-bond acceptors (Lipinski definition) is 4. The molecule has 2 unspecified atom stereocenters. The molecule has 1 rings (SSSR count). The van der Waals surface area contributed by atoms with Crippen molar-refractivity contribution in [2.45, 2.75) is 44.3 Å². The van der Waals surface area contributed by atoms with Crippen molar-refractivity contribution < 1.29 is 14.9 Å². The lowest BCUT2D eigenvalue weighted by Gasteiger charge is -2.19. The Bertz CT molecular complexity index is 170. The number of nitrogens with two attached hydrogens (primary N) is 1. The maximum absolute atomic E-state index is 8.59. The minimum atomic E-state index is -1.68. The molecule has 0 heterocycles. The monoisotopic (exact) mass is 187 g/mol. The summed E-state index contributed by atoms with van der Waals surface area (Å²) in [6, 6.07) is 0.233. The number of rotatable bonds is 2. The van der Waals surface area contributed by atoms with Gasteiger partial charge >= 0.3 is 0 Å². The molecule has 0 saturated carbocycles. The number of ether oxygens (including phenoxy) is 1. The summed E-state index contributed by atoms with van der Waals surface area (Å²) in [5.41, 5.74) is 5.76. The van der Waals surface area contributed by atoms with Gasteiger partial charge in [-0.2, -0.15) is 0 Å². The third kappa shape index (κ3) is 4.38. The molecule has 76 valence electrons. The molecule has 0 aromatic rings. The van der Waals surface area contributed by atoms with Gasteiger partial charge in [0.05, 0.1) is 6.10 Å². The zero-order valence-corrected chi connectivity index (χ0v) is 7.60. The third-order valence-electron chi connectivity index (χ3n) is 2.15. The highest BCUT2D eigenvalue weighted by atomic mass is 16.7. The van der Waals surface area contributed by atoms with Gasteiger partial charge in [-0.15, -0.1) is 0 Å². The summed E-state index contributed by atoms with van der Waals surface area (Å²) in [5, 5.41) is 17.2. The van der Waals surface area contributed by atoms with E-state index in [1.54, 1.807) is 0 Å². The quantitative estimate of drug-likeness (QED) is 0.423. The Balaban J connectivity index is 2.38. The smallest absolute Gasteiger partial charge is 0.267 e. The highest BCUT2D eigenvalue weighted by molar-refractivity contribution is 4.93. The molecule has 1 aliphatic rings. The Labute approximate surface area is 78.0 Å². The van der Waals surface area contributed by atoms with Gasteiger partial charge < -0.3 is 20.7 Å².